The Morgan fingerprint density at radius 1 is 1.46 bits per heavy atom. The molecule has 1 aromatic rings. The molecule has 1 aliphatic rings. The average Bonchev–Trinajstić information content (AvgIpc) is 3.33. The minimum atomic E-state index is -2.84. The molecule has 1 aliphatic carbocycles. The first-order valence-electron chi connectivity index (χ1n) is 7.77. The number of alkyl halides is 2. The molecule has 5 nitrogen and oxygen atoms in total. The maximum Gasteiger partial charge on any atom is 0.387 e. The summed E-state index contributed by atoms with van der Waals surface area (Å²) in [6.07, 6.45) is 1.93. The molecule has 0 heterocycles. The van der Waals surface area contributed by atoms with Gasteiger partial charge >= 0.3 is 6.61 Å². The predicted octanol–water partition coefficient (Wildman–Crippen LogP) is 2.53. The highest BCUT2D eigenvalue weighted by atomic mass is 19.3. The van der Waals surface area contributed by atoms with E-state index in [9.17, 15) is 18.8 Å². The molecule has 1 atom stereocenters. The molecule has 1 amide bonds. The highest BCUT2D eigenvalue weighted by molar-refractivity contribution is 5.79. The van der Waals surface area contributed by atoms with E-state index in [4.69, 9.17) is 0 Å². The number of nitrogens with one attached hydrogen (secondary N) is 1. The number of hydrogen-bond acceptors (Lipinski definition) is 4. The van der Waals surface area contributed by atoms with Crippen LogP contribution in [-0.2, 0) is 11.3 Å². The Morgan fingerprint density at radius 2 is 2.08 bits per heavy atom. The Bertz CT molecular complexity index is 611. The van der Waals surface area contributed by atoms with E-state index in [0.29, 0.717) is 6.54 Å². The third-order valence-corrected chi connectivity index (χ3v) is 4.04. The fraction of sp³-hybridized carbons (Fsp3) is 0.529. The molecule has 24 heavy (non-hydrogen) atoms. The summed E-state index contributed by atoms with van der Waals surface area (Å²) in [5.74, 6) is 0.133. The second kappa shape index (κ2) is 7.58. The Balaban J connectivity index is 1.83. The monoisotopic (exact) mass is 337 g/mol. The van der Waals surface area contributed by atoms with Gasteiger partial charge in [0.15, 0.2) is 0 Å². The highest BCUT2D eigenvalue weighted by Crippen LogP contribution is 2.39. The van der Waals surface area contributed by atoms with E-state index in [1.54, 1.807) is 31.0 Å². The number of amides is 1. The van der Waals surface area contributed by atoms with Gasteiger partial charge in [-0.3, -0.25) is 9.69 Å². The molecule has 1 fully saturated rings. The number of nitriles is 1. The van der Waals surface area contributed by atoms with E-state index in [-0.39, 0.29) is 24.1 Å². The van der Waals surface area contributed by atoms with Gasteiger partial charge in [0.05, 0.1) is 12.6 Å². The fourth-order valence-electron chi connectivity index (χ4n) is 2.60. The lowest BCUT2D eigenvalue weighted by molar-refractivity contribution is -0.123. The van der Waals surface area contributed by atoms with Crippen LogP contribution in [0.2, 0.25) is 0 Å². The maximum absolute atomic E-state index is 12.1. The molecule has 2 rings (SSSR count). The molecule has 0 saturated heterocycles. The zero-order valence-electron chi connectivity index (χ0n) is 13.8. The molecular weight excluding hydrogens is 316 g/mol. The third kappa shape index (κ3) is 5.17. The molecule has 0 spiro atoms. The van der Waals surface area contributed by atoms with Crippen LogP contribution in [0.1, 0.15) is 25.3 Å². The number of rotatable bonds is 8. The summed E-state index contributed by atoms with van der Waals surface area (Å²) in [7, 11) is 1.78. The van der Waals surface area contributed by atoms with Crippen molar-refractivity contribution in [3.63, 3.8) is 0 Å². The summed E-state index contributed by atoms with van der Waals surface area (Å²) >= 11 is 0. The zero-order chi connectivity index (χ0) is 17.7. The van der Waals surface area contributed by atoms with Crippen molar-refractivity contribution in [2.45, 2.75) is 38.5 Å². The van der Waals surface area contributed by atoms with E-state index in [1.165, 1.54) is 12.1 Å². The molecular formula is C17H21F2N3O2. The lowest BCUT2D eigenvalue weighted by atomic mass is 9.98. The van der Waals surface area contributed by atoms with E-state index < -0.39 is 12.2 Å². The van der Waals surface area contributed by atoms with Gasteiger partial charge in [-0.25, -0.2) is 0 Å². The summed E-state index contributed by atoms with van der Waals surface area (Å²) in [5.41, 5.74) is 0.0729. The van der Waals surface area contributed by atoms with Gasteiger partial charge in [-0.2, -0.15) is 14.0 Å². The van der Waals surface area contributed by atoms with E-state index in [0.717, 1.165) is 18.4 Å². The van der Waals surface area contributed by atoms with Gasteiger partial charge in [0.2, 0.25) is 5.91 Å². The zero-order valence-corrected chi connectivity index (χ0v) is 13.8. The molecule has 1 aromatic carbocycles. The Labute approximate surface area is 140 Å². The lowest BCUT2D eigenvalue weighted by Crippen LogP contribution is -2.49. The number of hydrogen-bond donors (Lipinski definition) is 1. The van der Waals surface area contributed by atoms with Gasteiger partial charge in [-0.15, -0.1) is 0 Å². The molecule has 1 unspecified atom stereocenters. The van der Waals surface area contributed by atoms with Crippen LogP contribution in [0.15, 0.2) is 24.3 Å². The van der Waals surface area contributed by atoms with Gasteiger partial charge in [0, 0.05) is 6.54 Å². The van der Waals surface area contributed by atoms with Crippen molar-refractivity contribution >= 4 is 5.91 Å². The van der Waals surface area contributed by atoms with Crippen molar-refractivity contribution in [2.24, 2.45) is 5.92 Å². The van der Waals surface area contributed by atoms with Crippen molar-refractivity contribution in [1.29, 1.82) is 5.26 Å². The summed E-state index contributed by atoms with van der Waals surface area (Å²) in [4.78, 5) is 13.9. The van der Waals surface area contributed by atoms with Crippen LogP contribution < -0.4 is 10.1 Å². The van der Waals surface area contributed by atoms with Gasteiger partial charge in [0.1, 0.15) is 11.3 Å². The first-order chi connectivity index (χ1) is 11.3. The molecule has 0 bridgehead atoms. The van der Waals surface area contributed by atoms with E-state index in [1.807, 2.05) is 0 Å². The van der Waals surface area contributed by atoms with Crippen LogP contribution in [0.5, 0.6) is 5.75 Å². The molecule has 7 heteroatoms. The summed E-state index contributed by atoms with van der Waals surface area (Å²) in [5, 5.41) is 12.1. The smallest absolute Gasteiger partial charge is 0.387 e. The van der Waals surface area contributed by atoms with Gasteiger partial charge < -0.3 is 10.1 Å². The quantitative estimate of drug-likeness (QED) is 0.792. The predicted molar refractivity (Wildman–Crippen MR) is 84.3 cm³/mol. The number of nitrogens with zero attached hydrogens (tertiary/aromatic N) is 2. The van der Waals surface area contributed by atoms with Crippen molar-refractivity contribution < 1.29 is 18.3 Å². The summed E-state index contributed by atoms with van der Waals surface area (Å²) in [6, 6.07) is 8.48. The second-order valence-corrected chi connectivity index (χ2v) is 6.33. The van der Waals surface area contributed by atoms with Crippen LogP contribution in [0, 0.1) is 17.2 Å². The first-order valence-corrected chi connectivity index (χ1v) is 7.77. The molecule has 0 aliphatic heterocycles. The lowest BCUT2D eigenvalue weighted by Gasteiger charge is -2.25. The van der Waals surface area contributed by atoms with Crippen LogP contribution in [0.25, 0.3) is 0 Å². The number of halogens is 2. The van der Waals surface area contributed by atoms with Gasteiger partial charge in [-0.05, 0) is 50.4 Å². The SMILES string of the molecule is CN(CC(=O)NC(C)(C#N)C1CC1)Cc1ccc(OC(F)F)cc1. The summed E-state index contributed by atoms with van der Waals surface area (Å²) < 4.78 is 28.5. The third-order valence-electron chi connectivity index (χ3n) is 4.04. The Kier molecular flexibility index (Phi) is 5.73. The van der Waals surface area contributed by atoms with Crippen LogP contribution in [0.4, 0.5) is 8.78 Å². The van der Waals surface area contributed by atoms with Crippen molar-refractivity contribution in [3.05, 3.63) is 29.8 Å². The average molecular weight is 337 g/mol. The molecule has 0 aromatic heterocycles. The number of carbonyl (C=O) groups is 1. The van der Waals surface area contributed by atoms with Crippen molar-refractivity contribution in [2.75, 3.05) is 13.6 Å². The largest absolute Gasteiger partial charge is 0.435 e. The standard InChI is InChI=1S/C17H21F2N3O2/c1-17(11-20,13-5-6-13)21-15(23)10-22(2)9-12-3-7-14(8-4-12)24-16(18)19/h3-4,7-8,13,16H,5-6,9-10H2,1-2H3,(H,21,23). The molecule has 1 saturated carbocycles. The number of ether oxygens (including phenoxy) is 1. The molecule has 1 N–H and O–H groups in total. The number of likely N-dealkylation sites (N-methyl/N-ethyl adjacent to an activating group) is 1. The van der Waals surface area contributed by atoms with E-state index >= 15 is 0 Å². The van der Waals surface area contributed by atoms with Crippen LogP contribution in [-0.4, -0.2) is 36.5 Å². The number of carbonyl (C=O) groups excluding carboxylic acids is 1. The van der Waals surface area contributed by atoms with Gasteiger partial charge in [-0.1, -0.05) is 12.1 Å². The van der Waals surface area contributed by atoms with Crippen molar-refractivity contribution in [3.8, 4) is 11.8 Å². The first kappa shape index (κ1) is 18.1. The fourth-order valence-corrected chi connectivity index (χ4v) is 2.60. The van der Waals surface area contributed by atoms with E-state index in [2.05, 4.69) is 16.1 Å². The maximum atomic E-state index is 12.1. The minimum Gasteiger partial charge on any atom is -0.435 e. The van der Waals surface area contributed by atoms with Gasteiger partial charge in [0.25, 0.3) is 0 Å². The molecule has 130 valence electrons. The minimum absolute atomic E-state index is 0.100. The molecule has 0 radical (unpaired) electrons. The Hall–Kier alpha value is -2.20. The highest BCUT2D eigenvalue weighted by Gasteiger charge is 2.43. The van der Waals surface area contributed by atoms with Crippen molar-refractivity contribution in [1.82, 2.24) is 10.2 Å². The topological polar surface area (TPSA) is 65.4 Å². The summed E-state index contributed by atoms with van der Waals surface area (Å²) in [6.45, 7) is -0.457. The van der Waals surface area contributed by atoms with Crippen LogP contribution in [0.3, 0.4) is 0 Å². The van der Waals surface area contributed by atoms with Crippen LogP contribution >= 0.6 is 0 Å². The second-order valence-electron chi connectivity index (χ2n) is 6.33. The number of benzene rings is 1. The Morgan fingerprint density at radius 3 is 2.58 bits per heavy atom. The normalized spacial score (nSPS) is 16.5.